The van der Waals surface area contributed by atoms with Crippen molar-refractivity contribution in [3.8, 4) is 6.07 Å². The summed E-state index contributed by atoms with van der Waals surface area (Å²) < 4.78 is 0. The van der Waals surface area contributed by atoms with E-state index in [1.807, 2.05) is 13.8 Å². The molecule has 0 aliphatic rings. The summed E-state index contributed by atoms with van der Waals surface area (Å²) in [5.41, 5.74) is 2.69. The molecule has 0 aliphatic heterocycles. The molecule has 0 bridgehead atoms. The Hall–Kier alpha value is -1.63. The normalized spacial score (nSPS) is 12.9. The van der Waals surface area contributed by atoms with Gasteiger partial charge in [-0.2, -0.15) is 10.4 Å². The second kappa shape index (κ2) is 6.01. The third-order valence-corrected chi connectivity index (χ3v) is 3.61. The van der Waals surface area contributed by atoms with Crippen LogP contribution in [-0.2, 0) is 12.8 Å². The number of rotatable bonds is 4. The van der Waals surface area contributed by atoms with E-state index in [0.717, 1.165) is 24.1 Å². The van der Waals surface area contributed by atoms with Crippen molar-refractivity contribution in [1.82, 2.24) is 10.2 Å². The largest absolute Gasteiger partial charge is 0.364 e. The molecule has 0 saturated heterocycles. The maximum atomic E-state index is 9.41. The van der Waals surface area contributed by atoms with Gasteiger partial charge in [-0.3, -0.25) is 0 Å². The Kier molecular flexibility index (Phi) is 4.88. The molecule has 1 aromatic rings. The molecule has 1 unspecified atom stereocenters. The average Bonchev–Trinajstić information content (AvgIpc) is 2.36. The van der Waals surface area contributed by atoms with Crippen LogP contribution in [0, 0.1) is 16.7 Å². The molecule has 19 heavy (non-hydrogen) atoms. The fraction of sp³-hybridized carbons (Fsp3) is 0.667. The van der Waals surface area contributed by atoms with Crippen LogP contribution in [0.1, 0.15) is 58.4 Å². The van der Waals surface area contributed by atoms with E-state index in [9.17, 15) is 5.26 Å². The Labute approximate surface area is 116 Å². The SMILES string of the molecule is CCc1nnc(NC(C)C(C)(C)C)c(C#N)c1CC. The van der Waals surface area contributed by atoms with Crippen LogP contribution < -0.4 is 5.32 Å². The van der Waals surface area contributed by atoms with E-state index in [-0.39, 0.29) is 11.5 Å². The lowest BCUT2D eigenvalue weighted by Gasteiger charge is -2.29. The minimum atomic E-state index is 0.101. The topological polar surface area (TPSA) is 61.6 Å². The zero-order valence-corrected chi connectivity index (χ0v) is 12.8. The minimum Gasteiger partial charge on any atom is -0.364 e. The number of nitrogens with one attached hydrogen (secondary N) is 1. The van der Waals surface area contributed by atoms with Crippen molar-refractivity contribution >= 4 is 5.82 Å². The Bertz CT molecular complexity index is 480. The third kappa shape index (κ3) is 3.44. The molecule has 1 aromatic heterocycles. The molecule has 0 spiro atoms. The van der Waals surface area contributed by atoms with Gasteiger partial charge in [0.25, 0.3) is 0 Å². The summed E-state index contributed by atoms with van der Waals surface area (Å²) >= 11 is 0. The van der Waals surface area contributed by atoms with Crippen molar-refractivity contribution < 1.29 is 0 Å². The van der Waals surface area contributed by atoms with Crippen LogP contribution in [0.3, 0.4) is 0 Å². The van der Waals surface area contributed by atoms with Gasteiger partial charge in [0.1, 0.15) is 11.6 Å². The molecule has 0 aliphatic carbocycles. The van der Waals surface area contributed by atoms with Gasteiger partial charge in [-0.25, -0.2) is 0 Å². The first-order valence-electron chi connectivity index (χ1n) is 6.90. The Morgan fingerprint density at radius 2 is 1.84 bits per heavy atom. The maximum Gasteiger partial charge on any atom is 0.167 e. The standard InChI is InChI=1S/C15H24N4/c1-7-11-12(9-16)14(19-18-13(11)8-2)17-10(3)15(4,5)6/h10H,7-8H2,1-6H3,(H,17,19). The number of anilines is 1. The lowest BCUT2D eigenvalue weighted by molar-refractivity contribution is 0.358. The second-order valence-corrected chi connectivity index (χ2v) is 5.90. The molecule has 0 fully saturated rings. The highest BCUT2D eigenvalue weighted by molar-refractivity contribution is 5.57. The van der Waals surface area contributed by atoms with Gasteiger partial charge in [0.05, 0.1) is 5.69 Å². The molecule has 0 saturated carbocycles. The molecular weight excluding hydrogens is 236 g/mol. The van der Waals surface area contributed by atoms with Crippen molar-refractivity contribution in [1.29, 1.82) is 5.26 Å². The van der Waals surface area contributed by atoms with E-state index in [1.54, 1.807) is 0 Å². The molecular formula is C15H24N4. The first-order chi connectivity index (χ1) is 8.85. The van der Waals surface area contributed by atoms with Gasteiger partial charge in [-0.15, -0.1) is 5.10 Å². The molecule has 4 heteroatoms. The quantitative estimate of drug-likeness (QED) is 0.902. The smallest absolute Gasteiger partial charge is 0.167 e. The summed E-state index contributed by atoms with van der Waals surface area (Å²) in [6.07, 6.45) is 1.61. The highest BCUT2D eigenvalue weighted by atomic mass is 15.2. The van der Waals surface area contributed by atoms with Gasteiger partial charge in [-0.05, 0) is 30.7 Å². The van der Waals surface area contributed by atoms with Crippen LogP contribution in [0.25, 0.3) is 0 Å². The number of nitrogens with zero attached hydrogens (tertiary/aromatic N) is 3. The number of nitriles is 1. The predicted octanol–water partition coefficient (Wildman–Crippen LogP) is 3.32. The van der Waals surface area contributed by atoms with E-state index < -0.39 is 0 Å². The molecule has 1 heterocycles. The van der Waals surface area contributed by atoms with Gasteiger partial charge in [0.2, 0.25) is 0 Å². The van der Waals surface area contributed by atoms with Crippen LogP contribution in [0.15, 0.2) is 0 Å². The summed E-state index contributed by atoms with van der Waals surface area (Å²) in [6.45, 7) is 12.7. The first-order valence-corrected chi connectivity index (χ1v) is 6.90. The Morgan fingerprint density at radius 3 is 2.26 bits per heavy atom. The van der Waals surface area contributed by atoms with Gasteiger partial charge >= 0.3 is 0 Å². The first kappa shape index (κ1) is 15.4. The van der Waals surface area contributed by atoms with Crippen molar-refractivity contribution in [3.63, 3.8) is 0 Å². The Balaban J connectivity index is 3.20. The van der Waals surface area contributed by atoms with Crippen molar-refractivity contribution in [2.75, 3.05) is 5.32 Å². The molecule has 104 valence electrons. The van der Waals surface area contributed by atoms with Crippen molar-refractivity contribution in [2.45, 2.75) is 60.4 Å². The summed E-state index contributed by atoms with van der Waals surface area (Å²) in [6, 6.07) is 2.50. The van der Waals surface area contributed by atoms with Crippen molar-refractivity contribution in [2.24, 2.45) is 5.41 Å². The number of hydrogen-bond donors (Lipinski definition) is 1. The lowest BCUT2D eigenvalue weighted by atomic mass is 9.88. The second-order valence-electron chi connectivity index (χ2n) is 5.90. The van der Waals surface area contributed by atoms with Gasteiger partial charge in [0.15, 0.2) is 5.82 Å². The van der Waals surface area contributed by atoms with Crippen molar-refractivity contribution in [3.05, 3.63) is 16.8 Å². The van der Waals surface area contributed by atoms with E-state index >= 15 is 0 Å². The zero-order valence-electron chi connectivity index (χ0n) is 12.8. The van der Waals surface area contributed by atoms with E-state index in [0.29, 0.717) is 11.4 Å². The number of aromatic nitrogens is 2. The lowest BCUT2D eigenvalue weighted by Crippen LogP contribution is -2.31. The fourth-order valence-electron chi connectivity index (χ4n) is 1.82. The zero-order chi connectivity index (χ0) is 14.6. The van der Waals surface area contributed by atoms with Crippen LogP contribution in [0.4, 0.5) is 5.82 Å². The monoisotopic (exact) mass is 260 g/mol. The molecule has 4 nitrogen and oxygen atoms in total. The summed E-state index contributed by atoms with van der Waals surface area (Å²) in [5, 5.41) is 21.2. The van der Waals surface area contributed by atoms with Gasteiger partial charge in [-0.1, -0.05) is 34.6 Å². The molecule has 0 amide bonds. The van der Waals surface area contributed by atoms with E-state index in [2.05, 4.69) is 49.3 Å². The Morgan fingerprint density at radius 1 is 1.21 bits per heavy atom. The van der Waals surface area contributed by atoms with Crippen LogP contribution >= 0.6 is 0 Å². The summed E-state index contributed by atoms with van der Waals surface area (Å²) in [7, 11) is 0. The molecule has 1 N–H and O–H groups in total. The molecule has 1 rings (SSSR count). The highest BCUT2D eigenvalue weighted by Gasteiger charge is 2.22. The molecule has 0 aromatic carbocycles. The fourth-order valence-corrected chi connectivity index (χ4v) is 1.82. The summed E-state index contributed by atoms with van der Waals surface area (Å²) in [5.74, 6) is 0.610. The third-order valence-electron chi connectivity index (χ3n) is 3.61. The van der Waals surface area contributed by atoms with Crippen LogP contribution in [0.2, 0.25) is 0 Å². The maximum absolute atomic E-state index is 9.41. The number of hydrogen-bond acceptors (Lipinski definition) is 4. The van der Waals surface area contributed by atoms with E-state index in [4.69, 9.17) is 0 Å². The minimum absolute atomic E-state index is 0.101. The highest BCUT2D eigenvalue weighted by Crippen LogP contribution is 2.25. The average molecular weight is 260 g/mol. The van der Waals surface area contributed by atoms with Crippen LogP contribution in [-0.4, -0.2) is 16.2 Å². The predicted molar refractivity (Wildman–Crippen MR) is 78.0 cm³/mol. The molecule has 1 atom stereocenters. The van der Waals surface area contributed by atoms with E-state index in [1.165, 1.54) is 0 Å². The number of aryl methyl sites for hydroxylation is 1. The molecule has 0 radical (unpaired) electrons. The summed E-state index contributed by atoms with van der Waals surface area (Å²) in [4.78, 5) is 0. The van der Waals surface area contributed by atoms with Gasteiger partial charge < -0.3 is 5.32 Å². The van der Waals surface area contributed by atoms with Gasteiger partial charge in [0, 0.05) is 6.04 Å². The van der Waals surface area contributed by atoms with Crippen LogP contribution in [0.5, 0.6) is 0 Å².